The largest absolute Gasteiger partial charge is 0.472 e. The Balaban J connectivity index is 4.26. The average Bonchev–Trinajstić information content (AvgIpc) is 3.13. The smallest absolute Gasteiger partial charge is 0.457 e. The summed E-state index contributed by atoms with van der Waals surface area (Å²) in [5.41, 5.74) is 5.35. The first-order valence-corrected chi connectivity index (χ1v) is 21.7. The van der Waals surface area contributed by atoms with Gasteiger partial charge in [-0.1, -0.05) is 157 Å². The molecule has 9 heteroatoms. The second-order valence-corrected chi connectivity index (χ2v) is 14.4. The Morgan fingerprint density at radius 3 is 1.58 bits per heavy atom. The molecule has 52 heavy (non-hydrogen) atoms. The van der Waals surface area contributed by atoms with Crippen LogP contribution in [0.5, 0.6) is 0 Å². The van der Waals surface area contributed by atoms with Crippen LogP contribution in [0.15, 0.2) is 85.1 Å². The average molecular weight is 748 g/mol. The molecule has 0 aliphatic heterocycles. The second kappa shape index (κ2) is 39.9. The maximum absolute atomic E-state index is 12.5. The molecule has 0 amide bonds. The molecule has 0 fully saturated rings. The summed E-state index contributed by atoms with van der Waals surface area (Å²) in [5, 5.41) is 0. The summed E-state index contributed by atoms with van der Waals surface area (Å²) >= 11 is 0. The second-order valence-electron chi connectivity index (χ2n) is 12.9. The molecule has 0 bridgehead atoms. The minimum atomic E-state index is -4.30. The Hall–Kier alpha value is -2.32. The number of phosphoric acid groups is 1. The van der Waals surface area contributed by atoms with Gasteiger partial charge in [-0.15, -0.1) is 0 Å². The van der Waals surface area contributed by atoms with Gasteiger partial charge in [-0.3, -0.25) is 13.8 Å². The highest BCUT2D eigenvalue weighted by molar-refractivity contribution is 7.47. The Morgan fingerprint density at radius 2 is 1.04 bits per heavy atom. The predicted octanol–water partition coefficient (Wildman–Crippen LogP) is 11.7. The number of carbonyl (C=O) groups excluding carboxylic acids is 1. The number of allylic oxidation sites excluding steroid dienone is 14. The number of hydrogen-bond donors (Lipinski definition) is 2. The monoisotopic (exact) mass is 748 g/mol. The molecule has 0 saturated carbocycles. The van der Waals surface area contributed by atoms with Crippen LogP contribution in [-0.2, 0) is 27.9 Å². The predicted molar refractivity (Wildman–Crippen MR) is 219 cm³/mol. The fourth-order valence-electron chi connectivity index (χ4n) is 4.96. The third kappa shape index (κ3) is 38.9. The number of ether oxygens (including phenoxy) is 2. The first-order valence-electron chi connectivity index (χ1n) is 20.2. The zero-order valence-electron chi connectivity index (χ0n) is 32.8. The SMILES string of the molecule is CCCCCC/C=C\CCCCCCCC(=O)O[C@H](COCCCC/C=C/C=C/C=C/C=C/C=C/C=C/CCCCCC)COP(=O)(O)OCCN. The lowest BCUT2D eigenvalue weighted by Crippen LogP contribution is -2.28. The van der Waals surface area contributed by atoms with Gasteiger partial charge in [-0.2, -0.15) is 0 Å². The van der Waals surface area contributed by atoms with Crippen LogP contribution in [0.4, 0.5) is 0 Å². The molecule has 0 aliphatic rings. The number of esters is 1. The van der Waals surface area contributed by atoms with Gasteiger partial charge in [-0.05, 0) is 64.2 Å². The Kier molecular flexibility index (Phi) is 38.1. The molecule has 0 aliphatic carbocycles. The van der Waals surface area contributed by atoms with E-state index in [-0.39, 0.29) is 38.8 Å². The molecular weight excluding hydrogens is 673 g/mol. The summed E-state index contributed by atoms with van der Waals surface area (Å²) in [4.78, 5) is 22.4. The van der Waals surface area contributed by atoms with E-state index in [1.165, 1.54) is 64.2 Å². The van der Waals surface area contributed by atoms with Crippen molar-refractivity contribution < 1.29 is 32.8 Å². The number of nitrogens with two attached hydrogens (primary N) is 1. The molecule has 0 aromatic heterocycles. The van der Waals surface area contributed by atoms with Gasteiger partial charge in [0, 0.05) is 19.6 Å². The molecule has 0 saturated heterocycles. The highest BCUT2D eigenvalue weighted by atomic mass is 31.2. The topological polar surface area (TPSA) is 117 Å². The van der Waals surface area contributed by atoms with E-state index in [9.17, 15) is 14.3 Å². The van der Waals surface area contributed by atoms with Crippen molar-refractivity contribution in [2.75, 3.05) is 33.0 Å². The van der Waals surface area contributed by atoms with Crippen molar-refractivity contribution in [1.29, 1.82) is 0 Å². The summed E-state index contributed by atoms with van der Waals surface area (Å²) in [5.74, 6) is -0.365. The van der Waals surface area contributed by atoms with Crippen LogP contribution in [0, 0.1) is 0 Å². The lowest BCUT2D eigenvalue weighted by atomic mass is 10.1. The van der Waals surface area contributed by atoms with Crippen molar-refractivity contribution in [3.63, 3.8) is 0 Å². The number of unbranched alkanes of at least 4 members (excludes halogenated alkanes) is 15. The van der Waals surface area contributed by atoms with Gasteiger partial charge in [-0.25, -0.2) is 4.57 Å². The third-order valence-corrected chi connectivity index (χ3v) is 8.93. The number of rotatable bonds is 37. The van der Waals surface area contributed by atoms with E-state index in [0.717, 1.165) is 57.8 Å². The Bertz CT molecular complexity index is 1060. The molecule has 0 aromatic rings. The van der Waals surface area contributed by atoms with Crippen molar-refractivity contribution in [3.05, 3.63) is 85.1 Å². The van der Waals surface area contributed by atoms with Gasteiger partial charge < -0.3 is 20.1 Å². The Labute approximate surface area is 318 Å². The van der Waals surface area contributed by atoms with Gasteiger partial charge in [0.1, 0.15) is 6.10 Å². The molecule has 0 radical (unpaired) electrons. The number of hydrogen-bond acceptors (Lipinski definition) is 7. The van der Waals surface area contributed by atoms with Crippen LogP contribution in [0.3, 0.4) is 0 Å². The summed E-state index contributed by atoms with van der Waals surface area (Å²) in [6.07, 6.45) is 50.3. The van der Waals surface area contributed by atoms with Crippen LogP contribution in [0.2, 0.25) is 0 Å². The fraction of sp³-hybridized carbons (Fsp3) is 0.651. The third-order valence-electron chi connectivity index (χ3n) is 7.95. The molecule has 0 aromatic carbocycles. The summed E-state index contributed by atoms with van der Waals surface area (Å²) in [7, 11) is -4.30. The summed E-state index contributed by atoms with van der Waals surface area (Å²) in [6.45, 7) is 4.68. The van der Waals surface area contributed by atoms with Crippen LogP contribution in [0.1, 0.15) is 142 Å². The standard InChI is InChI=1S/C43H74NO7P/c1-3-5-7-9-11-13-15-17-18-19-20-21-22-23-25-27-29-31-33-35-38-48-40-42(41-50-52(46,47)49-39-37-44)51-43(45)36-34-32-30-28-26-24-16-14-12-10-8-6-4-2/h13-23,25,27,29,42H,3-12,24,26,28,30-41,44H2,1-2H3,(H,46,47)/b15-13+,16-14-,18-17+,20-19+,22-21+,25-23+,29-27+/t42-/m1/s1. The van der Waals surface area contributed by atoms with Gasteiger partial charge in [0.15, 0.2) is 0 Å². The van der Waals surface area contributed by atoms with E-state index in [4.69, 9.17) is 24.3 Å². The molecule has 2 atom stereocenters. The normalized spacial score (nSPS) is 14.5. The lowest BCUT2D eigenvalue weighted by molar-refractivity contribution is -0.154. The number of carbonyl (C=O) groups is 1. The van der Waals surface area contributed by atoms with E-state index in [2.05, 4.69) is 50.3 Å². The van der Waals surface area contributed by atoms with Gasteiger partial charge >= 0.3 is 13.8 Å². The van der Waals surface area contributed by atoms with E-state index in [1.54, 1.807) is 0 Å². The van der Waals surface area contributed by atoms with Crippen LogP contribution in [0.25, 0.3) is 0 Å². The van der Waals surface area contributed by atoms with E-state index in [1.807, 2.05) is 48.6 Å². The molecular formula is C43H74NO7P. The molecule has 298 valence electrons. The van der Waals surface area contributed by atoms with Crippen molar-refractivity contribution in [2.45, 2.75) is 148 Å². The number of phosphoric ester groups is 1. The van der Waals surface area contributed by atoms with Crippen LogP contribution >= 0.6 is 7.82 Å². The Morgan fingerprint density at radius 1 is 0.577 bits per heavy atom. The summed E-state index contributed by atoms with van der Waals surface area (Å²) < 4.78 is 33.2. The van der Waals surface area contributed by atoms with Crippen molar-refractivity contribution in [2.24, 2.45) is 5.73 Å². The minimum Gasteiger partial charge on any atom is -0.457 e. The quantitative estimate of drug-likeness (QED) is 0.0212. The molecule has 0 rings (SSSR count). The lowest BCUT2D eigenvalue weighted by Gasteiger charge is -2.20. The van der Waals surface area contributed by atoms with Gasteiger partial charge in [0.05, 0.1) is 19.8 Å². The molecule has 0 heterocycles. The van der Waals surface area contributed by atoms with Crippen LogP contribution in [-0.4, -0.2) is 49.9 Å². The summed E-state index contributed by atoms with van der Waals surface area (Å²) in [6, 6.07) is 0. The minimum absolute atomic E-state index is 0.0692. The van der Waals surface area contributed by atoms with E-state index < -0.39 is 13.9 Å². The van der Waals surface area contributed by atoms with E-state index in [0.29, 0.717) is 6.61 Å². The molecule has 8 nitrogen and oxygen atoms in total. The first kappa shape index (κ1) is 49.7. The maximum Gasteiger partial charge on any atom is 0.472 e. The fourth-order valence-corrected chi connectivity index (χ4v) is 5.73. The van der Waals surface area contributed by atoms with Crippen molar-refractivity contribution >= 4 is 13.8 Å². The van der Waals surface area contributed by atoms with E-state index >= 15 is 0 Å². The van der Waals surface area contributed by atoms with Gasteiger partial charge in [0.2, 0.25) is 0 Å². The zero-order chi connectivity index (χ0) is 38.1. The molecule has 1 unspecified atom stereocenters. The zero-order valence-corrected chi connectivity index (χ0v) is 33.7. The maximum atomic E-state index is 12.5. The van der Waals surface area contributed by atoms with Crippen molar-refractivity contribution in [3.8, 4) is 0 Å². The molecule has 3 N–H and O–H groups in total. The van der Waals surface area contributed by atoms with Crippen molar-refractivity contribution in [1.82, 2.24) is 0 Å². The van der Waals surface area contributed by atoms with Gasteiger partial charge in [0.25, 0.3) is 0 Å². The first-order chi connectivity index (χ1) is 25.4. The molecule has 0 spiro atoms. The highest BCUT2D eigenvalue weighted by Gasteiger charge is 2.25. The van der Waals surface area contributed by atoms with Crippen LogP contribution < -0.4 is 5.73 Å². The highest BCUT2D eigenvalue weighted by Crippen LogP contribution is 2.43.